The van der Waals surface area contributed by atoms with Gasteiger partial charge in [0.2, 0.25) is 0 Å². The molecule has 2 atom stereocenters. The fourth-order valence-electron chi connectivity index (χ4n) is 3.12. The zero-order chi connectivity index (χ0) is 16.1. The molecule has 2 aromatic rings. The summed E-state index contributed by atoms with van der Waals surface area (Å²) in [6, 6.07) is 11.0. The maximum atomic E-state index is 11.4. The minimum absolute atomic E-state index is 0. The molecule has 0 saturated heterocycles. The van der Waals surface area contributed by atoms with Crippen molar-refractivity contribution in [3.8, 4) is 0 Å². The quantitative estimate of drug-likeness (QED) is 0.623. The van der Waals surface area contributed by atoms with Crippen molar-refractivity contribution in [1.29, 1.82) is 0 Å². The number of benzene rings is 1. The van der Waals surface area contributed by atoms with Crippen molar-refractivity contribution in [2.75, 3.05) is 0 Å². The van der Waals surface area contributed by atoms with Gasteiger partial charge in [-0.05, 0) is 48.6 Å². The van der Waals surface area contributed by atoms with E-state index >= 15 is 0 Å². The molecule has 1 saturated carbocycles. The second-order valence-electron chi connectivity index (χ2n) is 5.75. The van der Waals surface area contributed by atoms with Gasteiger partial charge in [0.1, 0.15) is 0 Å². The van der Waals surface area contributed by atoms with Crippen molar-refractivity contribution in [3.63, 3.8) is 0 Å². The molecule has 2 unspecified atom stereocenters. The van der Waals surface area contributed by atoms with Crippen LogP contribution in [0.15, 0.2) is 53.8 Å². The van der Waals surface area contributed by atoms with E-state index < -0.39 is 6.04 Å². The molecule has 1 aromatic carbocycles. The summed E-state index contributed by atoms with van der Waals surface area (Å²) in [6.45, 7) is 0. The molecular weight excluding hydrogens is 331 g/mol. The molecule has 1 fully saturated rings. The molecule has 3 nitrogen and oxygen atoms in total. The number of nitrogens with zero attached hydrogens (tertiary/aromatic N) is 2. The van der Waals surface area contributed by atoms with Crippen molar-refractivity contribution in [3.05, 3.63) is 64.9 Å². The number of hydrogen-bond donors (Lipinski definition) is 0. The molecule has 1 heterocycles. The predicted molar refractivity (Wildman–Crippen MR) is 92.8 cm³/mol. The Hall–Kier alpha value is -1.000. The minimum Gasteiger partial charge on any atom is -0.539 e. The summed E-state index contributed by atoms with van der Waals surface area (Å²) >= 11 is 6.37. The van der Waals surface area contributed by atoms with Crippen LogP contribution in [0.1, 0.15) is 48.8 Å². The number of halogens is 1. The van der Waals surface area contributed by atoms with Crippen LogP contribution in [0.4, 0.5) is 0 Å². The maximum Gasteiger partial charge on any atom is 1.00 e. The molecule has 0 N–H and O–H groups in total. The van der Waals surface area contributed by atoms with E-state index in [2.05, 4.69) is 11.1 Å². The van der Waals surface area contributed by atoms with Crippen molar-refractivity contribution in [2.24, 2.45) is 4.99 Å². The van der Waals surface area contributed by atoms with Gasteiger partial charge in [-0.2, -0.15) is 0 Å². The average Bonchev–Trinajstić information content (AvgIpc) is 2.61. The first-order chi connectivity index (χ1) is 11.3. The van der Waals surface area contributed by atoms with Gasteiger partial charge in [-0.25, -0.2) is 6.29 Å². The predicted octanol–water partition coefficient (Wildman–Crippen LogP) is 1.69. The van der Waals surface area contributed by atoms with Gasteiger partial charge in [0.25, 0.3) is 0 Å². The van der Waals surface area contributed by atoms with Crippen molar-refractivity contribution in [2.45, 2.75) is 37.6 Å². The Morgan fingerprint density at radius 3 is 2.75 bits per heavy atom. The number of aliphatic imine (C=N–C) groups is 1. The van der Waals surface area contributed by atoms with Gasteiger partial charge in [-0.1, -0.05) is 42.3 Å². The molecule has 3 rings (SSSR count). The van der Waals surface area contributed by atoms with E-state index in [4.69, 9.17) is 16.6 Å². The van der Waals surface area contributed by atoms with E-state index in [1.807, 2.05) is 36.6 Å². The first kappa shape index (κ1) is 19.3. The zero-order valence-electron chi connectivity index (χ0n) is 13.8. The van der Waals surface area contributed by atoms with Crippen molar-refractivity contribution >= 4 is 23.6 Å². The number of hydrogen-bond acceptors (Lipinski definition) is 3. The average molecular weight is 349 g/mol. The first-order valence-corrected chi connectivity index (χ1v) is 8.26. The van der Waals surface area contributed by atoms with Crippen LogP contribution < -0.4 is 29.6 Å². The van der Waals surface area contributed by atoms with Gasteiger partial charge in [0.15, 0.2) is 0 Å². The molecule has 1 aliphatic carbocycles. The third kappa shape index (κ3) is 4.54. The summed E-state index contributed by atoms with van der Waals surface area (Å²) in [5.41, 5.74) is 2.92. The van der Waals surface area contributed by atoms with Gasteiger partial charge in [-0.15, -0.1) is 0 Å². The van der Waals surface area contributed by atoms with E-state index in [0.29, 0.717) is 0 Å². The second-order valence-corrected chi connectivity index (χ2v) is 6.15. The topological polar surface area (TPSA) is 42.3 Å². The SMILES string of the molecule is O=[C-]C(N=C1CCCCC1c1ccccc1Cl)c1cccnc1.[Na+]. The zero-order valence-corrected chi connectivity index (χ0v) is 16.5. The van der Waals surface area contributed by atoms with Gasteiger partial charge in [0.05, 0.1) is 0 Å². The van der Waals surface area contributed by atoms with E-state index in [0.717, 1.165) is 47.5 Å². The number of carbonyl (C=O) groups excluding carboxylic acids is 1. The molecule has 5 heteroatoms. The summed E-state index contributed by atoms with van der Waals surface area (Å²) in [7, 11) is 0. The van der Waals surface area contributed by atoms with E-state index in [-0.39, 0.29) is 35.5 Å². The Morgan fingerprint density at radius 1 is 1.21 bits per heavy atom. The molecule has 0 bridgehead atoms. The van der Waals surface area contributed by atoms with Crippen LogP contribution in [0.5, 0.6) is 0 Å². The molecule has 24 heavy (non-hydrogen) atoms. The Bertz CT molecular complexity index is 706. The fourth-order valence-corrected chi connectivity index (χ4v) is 3.38. The Morgan fingerprint density at radius 2 is 2.04 bits per heavy atom. The molecule has 0 amide bonds. The fraction of sp³-hybridized carbons (Fsp3) is 0.316. The van der Waals surface area contributed by atoms with Crippen LogP contribution in [0, 0.1) is 0 Å². The molecule has 0 spiro atoms. The van der Waals surface area contributed by atoms with Crippen LogP contribution in [0.2, 0.25) is 5.02 Å². The van der Waals surface area contributed by atoms with Gasteiger partial charge in [0, 0.05) is 29.0 Å². The smallest absolute Gasteiger partial charge is 0.539 e. The minimum atomic E-state index is -0.609. The van der Waals surface area contributed by atoms with Crippen molar-refractivity contribution < 1.29 is 34.4 Å². The molecular formula is C19H18ClN2NaO. The maximum absolute atomic E-state index is 11.4. The summed E-state index contributed by atoms with van der Waals surface area (Å²) in [5.74, 6) is 0.185. The van der Waals surface area contributed by atoms with Crippen LogP contribution >= 0.6 is 11.6 Å². The third-order valence-electron chi connectivity index (χ3n) is 4.27. The van der Waals surface area contributed by atoms with Crippen molar-refractivity contribution in [1.82, 2.24) is 4.98 Å². The summed E-state index contributed by atoms with van der Waals surface area (Å²) in [4.78, 5) is 20.2. The Labute approximate surface area is 169 Å². The van der Waals surface area contributed by atoms with Crippen LogP contribution in [-0.2, 0) is 4.79 Å². The first-order valence-electron chi connectivity index (χ1n) is 7.88. The molecule has 1 aliphatic rings. The molecule has 118 valence electrons. The molecule has 0 aliphatic heterocycles. The standard InChI is InChI=1S/C19H18ClN2O.Na/c20-17-9-3-1-7-15(17)16-8-2-4-10-18(16)22-19(13-23)14-6-5-11-21-12-14;/h1,3,5-7,9,11-12,16,19H,2,4,8,10H2;/q-1;+1. The Balaban J connectivity index is 0.00000208. The summed E-state index contributed by atoms with van der Waals surface area (Å²) < 4.78 is 0. The third-order valence-corrected chi connectivity index (χ3v) is 4.61. The monoisotopic (exact) mass is 348 g/mol. The van der Waals surface area contributed by atoms with E-state index in [1.165, 1.54) is 0 Å². The number of rotatable bonds is 4. The van der Waals surface area contributed by atoms with Crippen LogP contribution in [0.25, 0.3) is 0 Å². The van der Waals surface area contributed by atoms with Crippen LogP contribution in [-0.4, -0.2) is 17.0 Å². The number of pyridine rings is 1. The summed E-state index contributed by atoms with van der Waals surface area (Å²) in [6.07, 6.45) is 9.56. The van der Waals surface area contributed by atoms with Gasteiger partial charge >= 0.3 is 29.6 Å². The van der Waals surface area contributed by atoms with E-state index in [1.54, 1.807) is 12.4 Å². The van der Waals surface area contributed by atoms with Crippen LogP contribution in [0.3, 0.4) is 0 Å². The van der Waals surface area contributed by atoms with Gasteiger partial charge in [-0.3, -0.25) is 4.98 Å². The Kier molecular flexibility index (Phi) is 7.63. The molecule has 0 radical (unpaired) electrons. The van der Waals surface area contributed by atoms with Gasteiger partial charge < -0.3 is 9.79 Å². The second kappa shape index (κ2) is 9.47. The summed E-state index contributed by atoms with van der Waals surface area (Å²) in [5, 5.41) is 0.764. The largest absolute Gasteiger partial charge is 1.00 e. The number of aromatic nitrogens is 1. The van der Waals surface area contributed by atoms with E-state index in [9.17, 15) is 4.79 Å². The molecule has 1 aromatic heterocycles. The normalized spacial score (nSPS) is 20.2.